The van der Waals surface area contributed by atoms with Crippen LogP contribution >= 0.6 is 0 Å². The molecule has 0 bridgehead atoms. The number of rotatable bonds is 3. The number of hydrogen-bond acceptors (Lipinski definition) is 4. The summed E-state index contributed by atoms with van der Waals surface area (Å²) in [6.45, 7) is 10.3. The van der Waals surface area contributed by atoms with Gasteiger partial charge in [-0.15, -0.1) is 0 Å². The summed E-state index contributed by atoms with van der Waals surface area (Å²) >= 11 is 0. The van der Waals surface area contributed by atoms with Gasteiger partial charge in [0.15, 0.2) is 0 Å². The summed E-state index contributed by atoms with van der Waals surface area (Å²) < 4.78 is 0. The van der Waals surface area contributed by atoms with Crippen molar-refractivity contribution in [2.75, 3.05) is 45.9 Å². The Labute approximate surface area is 132 Å². The van der Waals surface area contributed by atoms with Crippen molar-refractivity contribution in [3.05, 3.63) is 0 Å². The quantitative estimate of drug-likeness (QED) is 0.750. The molecule has 0 aromatic carbocycles. The lowest BCUT2D eigenvalue weighted by molar-refractivity contribution is -0.131. The Balaban J connectivity index is 1.80. The second-order valence-corrected chi connectivity index (χ2v) is 7.08. The highest BCUT2D eigenvalue weighted by Gasteiger charge is 2.37. The molecule has 2 aliphatic rings. The van der Waals surface area contributed by atoms with Gasteiger partial charge in [-0.05, 0) is 20.8 Å². The van der Waals surface area contributed by atoms with Gasteiger partial charge in [-0.2, -0.15) is 0 Å². The fraction of sp³-hybridized carbons (Fsp3) is 0.867. The van der Waals surface area contributed by atoms with Crippen LogP contribution in [0.2, 0.25) is 0 Å². The topological polar surface area (TPSA) is 76.1 Å². The Hall–Kier alpha value is -1.34. The van der Waals surface area contributed by atoms with E-state index < -0.39 is 0 Å². The van der Waals surface area contributed by atoms with Crippen LogP contribution in [-0.4, -0.2) is 89.2 Å². The number of urea groups is 1. The van der Waals surface area contributed by atoms with Gasteiger partial charge in [0.25, 0.3) is 0 Å². The Kier molecular flexibility index (Phi) is 5.28. The molecule has 2 heterocycles. The smallest absolute Gasteiger partial charge is 0.317 e. The number of likely N-dealkylation sites (tertiary alicyclic amines) is 1. The molecule has 2 aliphatic heterocycles. The molecule has 0 spiro atoms. The van der Waals surface area contributed by atoms with Gasteiger partial charge in [-0.25, -0.2) is 4.79 Å². The van der Waals surface area contributed by atoms with Gasteiger partial charge >= 0.3 is 6.03 Å². The average Bonchev–Trinajstić information content (AvgIpc) is 2.80. The van der Waals surface area contributed by atoms with Gasteiger partial charge in [0.1, 0.15) is 0 Å². The zero-order chi connectivity index (χ0) is 16.3. The molecular formula is C15H28N4O3. The predicted octanol–water partition coefficient (Wildman–Crippen LogP) is -0.295. The third-order valence-corrected chi connectivity index (χ3v) is 4.34. The van der Waals surface area contributed by atoms with Gasteiger partial charge in [0.2, 0.25) is 5.91 Å². The van der Waals surface area contributed by atoms with E-state index in [1.807, 2.05) is 25.7 Å². The zero-order valence-corrected chi connectivity index (χ0v) is 13.8. The van der Waals surface area contributed by atoms with Crippen LogP contribution < -0.4 is 5.32 Å². The van der Waals surface area contributed by atoms with E-state index in [0.717, 1.165) is 13.1 Å². The number of carbonyl (C=O) groups excluding carboxylic acids is 2. The van der Waals surface area contributed by atoms with E-state index in [4.69, 9.17) is 5.11 Å². The van der Waals surface area contributed by atoms with Crippen LogP contribution in [0.4, 0.5) is 4.79 Å². The minimum absolute atomic E-state index is 0.0859. The molecule has 0 radical (unpaired) electrons. The SMILES string of the molecule is CC(C)(C)N1CC(NC(=O)N2CCN(CCO)CC2)CC1=O. The van der Waals surface area contributed by atoms with Crippen molar-refractivity contribution in [3.63, 3.8) is 0 Å². The Morgan fingerprint density at radius 2 is 1.91 bits per heavy atom. The molecule has 7 heteroatoms. The van der Waals surface area contributed by atoms with Crippen LogP contribution in [0, 0.1) is 0 Å². The number of hydrogen-bond donors (Lipinski definition) is 2. The van der Waals surface area contributed by atoms with Crippen molar-refractivity contribution >= 4 is 11.9 Å². The first-order valence-corrected chi connectivity index (χ1v) is 8.00. The lowest BCUT2D eigenvalue weighted by Crippen LogP contribution is -2.54. The van der Waals surface area contributed by atoms with Crippen molar-refractivity contribution in [3.8, 4) is 0 Å². The van der Waals surface area contributed by atoms with Crippen LogP contribution in [0.3, 0.4) is 0 Å². The predicted molar refractivity (Wildman–Crippen MR) is 83.5 cm³/mol. The standard InChI is InChI=1S/C15H28N4O3/c1-15(2,3)19-11-12(10-13(19)21)16-14(22)18-6-4-17(5-7-18)8-9-20/h12,20H,4-11H2,1-3H3,(H,16,22). The number of nitrogens with zero attached hydrogens (tertiary/aromatic N) is 3. The summed E-state index contributed by atoms with van der Waals surface area (Å²) in [5.41, 5.74) is -0.202. The van der Waals surface area contributed by atoms with Gasteiger partial charge in [0, 0.05) is 51.2 Å². The molecule has 2 saturated heterocycles. The van der Waals surface area contributed by atoms with E-state index in [2.05, 4.69) is 10.2 Å². The third-order valence-electron chi connectivity index (χ3n) is 4.34. The normalized spacial score (nSPS) is 24.0. The zero-order valence-electron chi connectivity index (χ0n) is 13.8. The molecular weight excluding hydrogens is 284 g/mol. The molecule has 0 aliphatic carbocycles. The summed E-state index contributed by atoms with van der Waals surface area (Å²) in [4.78, 5) is 30.1. The molecule has 2 fully saturated rings. The highest BCUT2D eigenvalue weighted by molar-refractivity contribution is 5.82. The Morgan fingerprint density at radius 3 is 2.41 bits per heavy atom. The van der Waals surface area contributed by atoms with Crippen LogP contribution in [0.15, 0.2) is 0 Å². The molecule has 0 aromatic heterocycles. The number of β-amino-alcohol motifs (C(OH)–C–C–N with tert-alkyl or cyclic N) is 1. The van der Waals surface area contributed by atoms with E-state index in [1.165, 1.54) is 0 Å². The van der Waals surface area contributed by atoms with Crippen molar-refractivity contribution in [1.82, 2.24) is 20.0 Å². The minimum Gasteiger partial charge on any atom is -0.395 e. The van der Waals surface area contributed by atoms with Crippen LogP contribution in [0.5, 0.6) is 0 Å². The lowest BCUT2D eigenvalue weighted by Gasteiger charge is -2.35. The second kappa shape index (κ2) is 6.83. The molecule has 1 atom stereocenters. The maximum absolute atomic E-state index is 12.3. The molecule has 22 heavy (non-hydrogen) atoms. The molecule has 2 rings (SSSR count). The van der Waals surface area contributed by atoms with E-state index in [9.17, 15) is 9.59 Å². The number of piperazine rings is 1. The molecule has 7 nitrogen and oxygen atoms in total. The fourth-order valence-electron chi connectivity index (χ4n) is 3.03. The summed E-state index contributed by atoms with van der Waals surface area (Å²) in [7, 11) is 0. The molecule has 0 aromatic rings. The van der Waals surface area contributed by atoms with Crippen LogP contribution in [0.1, 0.15) is 27.2 Å². The van der Waals surface area contributed by atoms with E-state index in [1.54, 1.807) is 4.90 Å². The Bertz CT molecular complexity index is 414. The van der Waals surface area contributed by atoms with Crippen molar-refractivity contribution in [2.45, 2.75) is 38.8 Å². The summed E-state index contributed by atoms with van der Waals surface area (Å²) in [5.74, 6) is 0.102. The molecule has 126 valence electrons. The van der Waals surface area contributed by atoms with E-state index in [-0.39, 0.29) is 30.1 Å². The average molecular weight is 312 g/mol. The lowest BCUT2D eigenvalue weighted by atomic mass is 10.1. The van der Waals surface area contributed by atoms with E-state index in [0.29, 0.717) is 32.6 Å². The third kappa shape index (κ3) is 4.10. The highest BCUT2D eigenvalue weighted by Crippen LogP contribution is 2.22. The Morgan fingerprint density at radius 1 is 1.27 bits per heavy atom. The van der Waals surface area contributed by atoms with Crippen molar-refractivity contribution in [1.29, 1.82) is 0 Å². The van der Waals surface area contributed by atoms with Crippen LogP contribution in [0.25, 0.3) is 0 Å². The van der Waals surface area contributed by atoms with Gasteiger partial charge in [-0.3, -0.25) is 9.69 Å². The maximum Gasteiger partial charge on any atom is 0.317 e. The number of aliphatic hydroxyl groups is 1. The largest absolute Gasteiger partial charge is 0.395 e. The fourth-order valence-corrected chi connectivity index (χ4v) is 3.03. The van der Waals surface area contributed by atoms with Gasteiger partial charge < -0.3 is 20.2 Å². The molecule has 0 saturated carbocycles. The first kappa shape index (κ1) is 17.0. The summed E-state index contributed by atoms with van der Waals surface area (Å²) in [5, 5.41) is 11.9. The van der Waals surface area contributed by atoms with Crippen LogP contribution in [-0.2, 0) is 4.79 Å². The number of amides is 3. The first-order chi connectivity index (χ1) is 10.3. The number of carbonyl (C=O) groups is 2. The number of nitrogens with one attached hydrogen (secondary N) is 1. The maximum atomic E-state index is 12.3. The van der Waals surface area contributed by atoms with Crippen molar-refractivity contribution < 1.29 is 14.7 Å². The molecule has 1 unspecified atom stereocenters. The number of aliphatic hydroxyl groups excluding tert-OH is 1. The second-order valence-electron chi connectivity index (χ2n) is 7.08. The van der Waals surface area contributed by atoms with Gasteiger partial charge in [0.05, 0.1) is 12.6 Å². The molecule has 3 amide bonds. The summed E-state index contributed by atoms with van der Waals surface area (Å²) in [6, 6.07) is -0.188. The minimum atomic E-state index is -0.202. The van der Waals surface area contributed by atoms with E-state index >= 15 is 0 Å². The molecule has 2 N–H and O–H groups in total. The highest BCUT2D eigenvalue weighted by atomic mass is 16.3. The summed E-state index contributed by atoms with van der Waals surface area (Å²) in [6.07, 6.45) is 0.382. The van der Waals surface area contributed by atoms with Crippen molar-refractivity contribution in [2.24, 2.45) is 0 Å². The van der Waals surface area contributed by atoms with Gasteiger partial charge in [-0.1, -0.05) is 0 Å². The first-order valence-electron chi connectivity index (χ1n) is 8.00. The monoisotopic (exact) mass is 312 g/mol.